The summed E-state index contributed by atoms with van der Waals surface area (Å²) in [6.07, 6.45) is 2.42. The van der Waals surface area contributed by atoms with Gasteiger partial charge in [0.1, 0.15) is 11.0 Å². The number of likely N-dealkylation sites (tertiary alicyclic amines) is 1. The van der Waals surface area contributed by atoms with Crippen LogP contribution in [0.3, 0.4) is 0 Å². The summed E-state index contributed by atoms with van der Waals surface area (Å²) in [5.74, 6) is -1.41. The fourth-order valence-corrected chi connectivity index (χ4v) is 6.38. The van der Waals surface area contributed by atoms with E-state index in [1.165, 1.54) is 16.2 Å². The molecular weight excluding hydrogens is 546 g/mol. The molecule has 0 radical (unpaired) electrons. The van der Waals surface area contributed by atoms with Crippen molar-refractivity contribution in [1.82, 2.24) is 14.5 Å². The summed E-state index contributed by atoms with van der Waals surface area (Å²) >= 11 is 7.38. The van der Waals surface area contributed by atoms with E-state index >= 15 is 0 Å². The van der Waals surface area contributed by atoms with Gasteiger partial charge in [-0.05, 0) is 61.9 Å². The Kier molecular flexibility index (Phi) is 7.92. The Hall–Kier alpha value is -3.75. The molecule has 1 atom stereocenters. The van der Waals surface area contributed by atoms with Gasteiger partial charge in [-0.2, -0.15) is 0 Å². The van der Waals surface area contributed by atoms with Gasteiger partial charge in [0.2, 0.25) is 0 Å². The molecule has 3 heterocycles. The van der Waals surface area contributed by atoms with Crippen molar-refractivity contribution in [3.63, 3.8) is 0 Å². The summed E-state index contributed by atoms with van der Waals surface area (Å²) < 4.78 is 1.63. The number of para-hydroxylation sites is 1. The van der Waals surface area contributed by atoms with Gasteiger partial charge in [0.05, 0.1) is 22.5 Å². The second-order valence-corrected chi connectivity index (χ2v) is 11.2. The fourth-order valence-electron chi connectivity index (χ4n) is 5.42. The molecule has 1 N–H and O–H groups in total. The smallest absolute Gasteiger partial charge is 0.326 e. The average molecular weight is 576 g/mol. The Labute approximate surface area is 241 Å². The number of aromatic nitrogens is 2. The molecule has 1 saturated heterocycles. The van der Waals surface area contributed by atoms with Crippen LogP contribution in [0.1, 0.15) is 53.9 Å². The number of aliphatic carboxylic acids is 1. The second-order valence-electron chi connectivity index (χ2n) is 9.87. The molecule has 9 heteroatoms. The molecule has 40 heavy (non-hydrogen) atoms. The molecule has 206 valence electrons. The summed E-state index contributed by atoms with van der Waals surface area (Å²) in [4.78, 5) is 46.3. The minimum atomic E-state index is -1.02. The van der Waals surface area contributed by atoms with Gasteiger partial charge >= 0.3 is 5.97 Å². The van der Waals surface area contributed by atoms with Crippen molar-refractivity contribution in [2.24, 2.45) is 0 Å². The van der Waals surface area contributed by atoms with E-state index < -0.39 is 12.0 Å². The van der Waals surface area contributed by atoms with Gasteiger partial charge in [0.25, 0.3) is 11.5 Å². The van der Waals surface area contributed by atoms with Crippen LogP contribution in [0.5, 0.6) is 0 Å². The number of aryl methyl sites for hydroxylation is 2. The lowest BCUT2D eigenvalue weighted by Crippen LogP contribution is -2.41. The highest BCUT2D eigenvalue weighted by atomic mass is 35.5. The molecule has 0 bridgehead atoms. The van der Waals surface area contributed by atoms with E-state index in [9.17, 15) is 19.5 Å². The second kappa shape index (κ2) is 11.4. The zero-order chi connectivity index (χ0) is 28.6. The monoisotopic (exact) mass is 575 g/mol. The summed E-state index contributed by atoms with van der Waals surface area (Å²) in [6, 6.07) is 14.0. The average Bonchev–Trinajstić information content (AvgIpc) is 3.64. The van der Waals surface area contributed by atoms with E-state index in [4.69, 9.17) is 16.6 Å². The van der Waals surface area contributed by atoms with Crippen LogP contribution >= 0.6 is 22.9 Å². The number of carboxylic acids is 1. The van der Waals surface area contributed by atoms with Gasteiger partial charge in [-0.15, -0.1) is 11.3 Å². The van der Waals surface area contributed by atoms with E-state index in [1.807, 2.05) is 49.6 Å². The van der Waals surface area contributed by atoms with Crippen molar-refractivity contribution in [2.75, 3.05) is 6.54 Å². The first-order chi connectivity index (χ1) is 19.2. The molecule has 1 amide bonds. The number of benzene rings is 2. The fraction of sp³-hybridized carbons (Fsp3) is 0.290. The normalized spacial score (nSPS) is 15.0. The predicted molar refractivity (Wildman–Crippen MR) is 159 cm³/mol. The van der Waals surface area contributed by atoms with Gasteiger partial charge in [0, 0.05) is 28.2 Å². The van der Waals surface area contributed by atoms with Gasteiger partial charge in [-0.1, -0.05) is 55.8 Å². The largest absolute Gasteiger partial charge is 0.480 e. The molecule has 5 rings (SSSR count). The van der Waals surface area contributed by atoms with Crippen LogP contribution in [-0.2, 0) is 17.6 Å². The van der Waals surface area contributed by atoms with E-state index in [0.29, 0.717) is 64.8 Å². The molecule has 4 aromatic rings. The number of carboxylic acid groups (broad SMARTS) is 1. The van der Waals surface area contributed by atoms with Crippen molar-refractivity contribution in [3.05, 3.63) is 91.7 Å². The Morgan fingerprint density at radius 3 is 2.40 bits per heavy atom. The van der Waals surface area contributed by atoms with Crippen LogP contribution in [-0.4, -0.2) is 44.0 Å². The predicted octanol–water partition coefficient (Wildman–Crippen LogP) is 6.40. The van der Waals surface area contributed by atoms with E-state index in [0.717, 1.165) is 22.4 Å². The number of rotatable bonds is 7. The topological polar surface area (TPSA) is 92.5 Å². The van der Waals surface area contributed by atoms with Crippen LogP contribution < -0.4 is 5.56 Å². The standard InChI is InChI=1S/C31H30ClN3O4S/c1-4-19-8-6-9-20(5-2)27(19)35-18(3)23(29(36)34-15-7-10-26(34)31(38)39)16-24(30(35)37)28-33-25(17-40-28)21-11-13-22(32)14-12-21/h6,8-9,11-14,16-17,26H,4-5,7,10,15H2,1-3H3,(H,38,39). The molecule has 0 saturated carbocycles. The molecular formula is C31H30ClN3O4S. The molecule has 7 nitrogen and oxygen atoms in total. The third-order valence-electron chi connectivity index (χ3n) is 7.54. The van der Waals surface area contributed by atoms with Crippen molar-refractivity contribution in [2.45, 2.75) is 52.5 Å². The van der Waals surface area contributed by atoms with Crippen LogP contribution in [0, 0.1) is 6.92 Å². The first-order valence-corrected chi connectivity index (χ1v) is 14.6. The van der Waals surface area contributed by atoms with E-state index in [-0.39, 0.29) is 11.5 Å². The number of hydrogen-bond donors (Lipinski definition) is 1. The third kappa shape index (κ3) is 4.97. The van der Waals surface area contributed by atoms with Crippen molar-refractivity contribution in [3.8, 4) is 27.5 Å². The molecule has 2 aromatic heterocycles. The SMILES string of the molecule is CCc1cccc(CC)c1-n1c(C)c(C(=O)N2CCCC2C(=O)O)cc(-c2nc(-c3ccc(Cl)cc3)cs2)c1=O. The minimum Gasteiger partial charge on any atom is -0.480 e. The molecule has 1 aliphatic rings. The third-order valence-corrected chi connectivity index (χ3v) is 8.67. The first-order valence-electron chi connectivity index (χ1n) is 13.4. The maximum atomic E-state index is 14.3. The highest BCUT2D eigenvalue weighted by Crippen LogP contribution is 2.32. The number of halogens is 1. The molecule has 0 aliphatic carbocycles. The summed E-state index contributed by atoms with van der Waals surface area (Å²) in [7, 11) is 0. The maximum absolute atomic E-state index is 14.3. The number of nitrogens with zero attached hydrogens (tertiary/aromatic N) is 3. The summed E-state index contributed by atoms with van der Waals surface area (Å²) in [5.41, 5.74) is 5.15. The molecule has 0 spiro atoms. The lowest BCUT2D eigenvalue weighted by atomic mass is 10.0. The van der Waals surface area contributed by atoms with Crippen LogP contribution in [0.25, 0.3) is 27.5 Å². The van der Waals surface area contributed by atoms with Crippen molar-refractivity contribution < 1.29 is 14.7 Å². The molecule has 1 aliphatic heterocycles. The van der Waals surface area contributed by atoms with Crippen LogP contribution in [0.15, 0.2) is 58.7 Å². The minimum absolute atomic E-state index is 0.266. The molecule has 1 fully saturated rings. The van der Waals surface area contributed by atoms with Gasteiger partial charge in [-0.3, -0.25) is 14.2 Å². The maximum Gasteiger partial charge on any atom is 0.326 e. The Bertz CT molecular complexity index is 1640. The lowest BCUT2D eigenvalue weighted by Gasteiger charge is -2.25. The number of carbonyl (C=O) groups is 2. The van der Waals surface area contributed by atoms with Crippen LogP contribution in [0.4, 0.5) is 0 Å². The lowest BCUT2D eigenvalue weighted by molar-refractivity contribution is -0.141. The Balaban J connectivity index is 1.75. The molecule has 1 unspecified atom stereocenters. The number of pyridine rings is 1. The highest BCUT2D eigenvalue weighted by molar-refractivity contribution is 7.13. The van der Waals surface area contributed by atoms with Gasteiger partial charge in [0.15, 0.2) is 0 Å². The molecule has 2 aromatic carbocycles. The number of amides is 1. The Morgan fingerprint density at radius 2 is 1.77 bits per heavy atom. The Morgan fingerprint density at radius 1 is 1.10 bits per heavy atom. The van der Waals surface area contributed by atoms with Gasteiger partial charge < -0.3 is 10.0 Å². The number of hydrogen-bond acceptors (Lipinski definition) is 5. The first kappa shape index (κ1) is 27.8. The van der Waals surface area contributed by atoms with E-state index in [1.54, 1.807) is 29.7 Å². The van der Waals surface area contributed by atoms with E-state index in [2.05, 4.69) is 0 Å². The highest BCUT2D eigenvalue weighted by Gasteiger charge is 2.36. The quantitative estimate of drug-likeness (QED) is 0.275. The number of thiazole rings is 1. The van der Waals surface area contributed by atoms with Gasteiger partial charge in [-0.25, -0.2) is 9.78 Å². The summed E-state index contributed by atoms with van der Waals surface area (Å²) in [5, 5.41) is 12.7. The van der Waals surface area contributed by atoms with Crippen LogP contribution in [0.2, 0.25) is 5.02 Å². The number of carbonyl (C=O) groups excluding carboxylic acids is 1. The van der Waals surface area contributed by atoms with Crippen molar-refractivity contribution in [1.29, 1.82) is 0 Å². The zero-order valence-corrected chi connectivity index (χ0v) is 24.2. The zero-order valence-electron chi connectivity index (χ0n) is 22.6. The summed E-state index contributed by atoms with van der Waals surface area (Å²) in [6.45, 7) is 6.19. The van der Waals surface area contributed by atoms with Crippen molar-refractivity contribution >= 4 is 34.8 Å².